The molecule has 0 radical (unpaired) electrons. The molecule has 5 nitrogen and oxygen atoms in total. The zero-order valence-electron chi connectivity index (χ0n) is 17.2. The molecule has 1 fully saturated rings. The van der Waals surface area contributed by atoms with E-state index in [4.69, 9.17) is 5.26 Å². The third-order valence-electron chi connectivity index (χ3n) is 5.37. The number of hydrogen-bond acceptors (Lipinski definition) is 4. The number of rotatable bonds is 7. The van der Waals surface area contributed by atoms with Gasteiger partial charge in [-0.2, -0.15) is 18.4 Å². The second-order valence-electron chi connectivity index (χ2n) is 7.53. The van der Waals surface area contributed by atoms with Crippen molar-refractivity contribution in [3.63, 3.8) is 0 Å². The summed E-state index contributed by atoms with van der Waals surface area (Å²) in [6, 6.07) is 14.0. The molecule has 164 valence electrons. The molecule has 0 aliphatic carbocycles. The molecule has 2 aromatic rings. The van der Waals surface area contributed by atoms with E-state index in [1.165, 1.54) is 12.1 Å². The molecule has 0 aromatic heterocycles. The molecular formula is C23H25F3N4O. The van der Waals surface area contributed by atoms with Crippen molar-refractivity contribution < 1.29 is 18.0 Å². The number of halogens is 3. The topological polar surface area (TPSA) is 59.4 Å². The van der Waals surface area contributed by atoms with Gasteiger partial charge in [0, 0.05) is 44.0 Å². The monoisotopic (exact) mass is 430 g/mol. The van der Waals surface area contributed by atoms with E-state index in [9.17, 15) is 18.0 Å². The predicted octanol–water partition coefficient (Wildman–Crippen LogP) is 3.91. The van der Waals surface area contributed by atoms with Crippen LogP contribution in [0.2, 0.25) is 0 Å². The Morgan fingerprint density at radius 1 is 1.03 bits per heavy atom. The number of piperazine rings is 1. The summed E-state index contributed by atoms with van der Waals surface area (Å²) in [6.07, 6.45) is -2.56. The minimum atomic E-state index is -4.33. The average Bonchev–Trinajstić information content (AvgIpc) is 2.79. The van der Waals surface area contributed by atoms with Crippen LogP contribution in [0.1, 0.15) is 34.3 Å². The largest absolute Gasteiger partial charge is 0.416 e. The summed E-state index contributed by atoms with van der Waals surface area (Å²) in [7, 11) is 0. The first-order valence-corrected chi connectivity index (χ1v) is 10.3. The van der Waals surface area contributed by atoms with Crippen LogP contribution < -0.4 is 10.2 Å². The minimum absolute atomic E-state index is 0.154. The number of nitrogens with one attached hydrogen (secondary N) is 1. The maximum atomic E-state index is 12.9. The van der Waals surface area contributed by atoms with Crippen LogP contribution in [0.5, 0.6) is 0 Å². The van der Waals surface area contributed by atoms with Crippen LogP contribution in [0.15, 0.2) is 48.5 Å². The lowest BCUT2D eigenvalue weighted by atomic mass is 10.1. The molecule has 1 saturated heterocycles. The number of nitriles is 1. The van der Waals surface area contributed by atoms with Crippen molar-refractivity contribution >= 4 is 11.6 Å². The molecule has 2 aromatic carbocycles. The molecule has 3 rings (SSSR count). The van der Waals surface area contributed by atoms with Gasteiger partial charge in [0.15, 0.2) is 0 Å². The molecular weight excluding hydrogens is 405 g/mol. The van der Waals surface area contributed by atoms with Crippen molar-refractivity contribution in [2.24, 2.45) is 0 Å². The molecule has 0 saturated carbocycles. The highest BCUT2D eigenvalue weighted by molar-refractivity contribution is 5.94. The summed E-state index contributed by atoms with van der Waals surface area (Å²) in [4.78, 5) is 16.4. The Hall–Kier alpha value is -3.05. The van der Waals surface area contributed by atoms with Crippen LogP contribution in [0.3, 0.4) is 0 Å². The van der Waals surface area contributed by atoms with E-state index in [1.54, 1.807) is 30.3 Å². The average molecular weight is 430 g/mol. The van der Waals surface area contributed by atoms with Gasteiger partial charge in [0.05, 0.1) is 17.2 Å². The number of carbonyl (C=O) groups excluding carboxylic acids is 1. The third kappa shape index (κ3) is 6.46. The van der Waals surface area contributed by atoms with E-state index in [2.05, 4.69) is 10.2 Å². The lowest BCUT2D eigenvalue weighted by molar-refractivity contribution is -0.137. The van der Waals surface area contributed by atoms with Crippen molar-refractivity contribution in [2.75, 3.05) is 44.2 Å². The Morgan fingerprint density at radius 3 is 2.39 bits per heavy atom. The molecule has 1 amide bonds. The predicted molar refractivity (Wildman–Crippen MR) is 113 cm³/mol. The lowest BCUT2D eigenvalue weighted by Crippen LogP contribution is -2.46. The second-order valence-corrected chi connectivity index (χ2v) is 7.53. The van der Waals surface area contributed by atoms with E-state index in [0.717, 1.165) is 38.5 Å². The van der Waals surface area contributed by atoms with Gasteiger partial charge in [0.1, 0.15) is 0 Å². The van der Waals surface area contributed by atoms with Gasteiger partial charge >= 0.3 is 6.18 Å². The van der Waals surface area contributed by atoms with Gasteiger partial charge in [-0.25, -0.2) is 0 Å². The first-order valence-electron chi connectivity index (χ1n) is 10.3. The lowest BCUT2D eigenvalue weighted by Gasteiger charge is -2.36. The Labute approximate surface area is 180 Å². The fraction of sp³-hybridized carbons (Fsp3) is 0.391. The number of hydrogen-bond donors (Lipinski definition) is 1. The number of nitrogens with zero attached hydrogens (tertiary/aromatic N) is 3. The molecule has 8 heteroatoms. The van der Waals surface area contributed by atoms with Gasteiger partial charge in [-0.05, 0) is 61.9 Å². The molecule has 1 aliphatic heterocycles. The van der Waals surface area contributed by atoms with Gasteiger partial charge in [0.2, 0.25) is 0 Å². The van der Waals surface area contributed by atoms with Crippen LogP contribution >= 0.6 is 0 Å². The molecule has 0 unspecified atom stereocenters. The number of carbonyl (C=O) groups is 1. The number of anilines is 1. The van der Waals surface area contributed by atoms with E-state index in [1.807, 2.05) is 11.0 Å². The highest BCUT2D eigenvalue weighted by Crippen LogP contribution is 2.31. The summed E-state index contributed by atoms with van der Waals surface area (Å²) in [5, 5.41) is 11.7. The minimum Gasteiger partial charge on any atom is -0.369 e. The standard InChI is InChI=1S/C23H25F3N4O/c24-23(25,26)20-4-3-5-21(16-20)30-14-12-29(13-15-30)11-2-1-10-28-22(31)19-8-6-18(17-27)7-9-19/h3-9,16H,1-2,10-15H2,(H,28,31). The molecule has 1 aliphatic rings. The highest BCUT2D eigenvalue weighted by Gasteiger charge is 2.31. The van der Waals surface area contributed by atoms with E-state index >= 15 is 0 Å². The van der Waals surface area contributed by atoms with Crippen LogP contribution in [-0.2, 0) is 6.18 Å². The maximum absolute atomic E-state index is 12.9. The van der Waals surface area contributed by atoms with Gasteiger partial charge < -0.3 is 10.2 Å². The fourth-order valence-corrected chi connectivity index (χ4v) is 3.57. The van der Waals surface area contributed by atoms with Gasteiger partial charge in [-0.1, -0.05) is 6.07 Å². The van der Waals surface area contributed by atoms with E-state index < -0.39 is 11.7 Å². The van der Waals surface area contributed by atoms with Crippen molar-refractivity contribution in [2.45, 2.75) is 19.0 Å². The molecule has 1 N–H and O–H groups in total. The zero-order valence-corrected chi connectivity index (χ0v) is 17.2. The Morgan fingerprint density at radius 2 is 1.74 bits per heavy atom. The summed E-state index contributed by atoms with van der Waals surface area (Å²) >= 11 is 0. The van der Waals surface area contributed by atoms with Gasteiger partial charge in [0.25, 0.3) is 5.91 Å². The van der Waals surface area contributed by atoms with Gasteiger partial charge in [-0.3, -0.25) is 9.69 Å². The quantitative estimate of drug-likeness (QED) is 0.677. The van der Waals surface area contributed by atoms with Crippen molar-refractivity contribution in [3.05, 3.63) is 65.2 Å². The van der Waals surface area contributed by atoms with Crippen LogP contribution in [0.25, 0.3) is 0 Å². The maximum Gasteiger partial charge on any atom is 0.416 e. The molecule has 0 bridgehead atoms. The first kappa shape index (κ1) is 22.6. The Bertz CT molecular complexity index is 914. The number of alkyl halides is 3. The smallest absolute Gasteiger partial charge is 0.369 e. The second kappa shape index (κ2) is 10.3. The summed E-state index contributed by atoms with van der Waals surface area (Å²) in [5.41, 5.74) is 1.05. The number of amides is 1. The highest BCUT2D eigenvalue weighted by atomic mass is 19.4. The SMILES string of the molecule is N#Cc1ccc(C(=O)NCCCCN2CCN(c3cccc(C(F)(F)F)c3)CC2)cc1. The third-order valence-corrected chi connectivity index (χ3v) is 5.37. The summed E-state index contributed by atoms with van der Waals surface area (Å²) in [6.45, 7) is 4.45. The molecule has 0 spiro atoms. The van der Waals surface area contributed by atoms with Crippen molar-refractivity contribution in [3.8, 4) is 6.07 Å². The Balaban J connectivity index is 1.34. The number of benzene rings is 2. The Kier molecular flexibility index (Phi) is 7.53. The van der Waals surface area contributed by atoms with Crippen LogP contribution in [0.4, 0.5) is 18.9 Å². The van der Waals surface area contributed by atoms with Crippen LogP contribution in [0, 0.1) is 11.3 Å². The zero-order chi connectivity index (χ0) is 22.3. The fourth-order valence-electron chi connectivity index (χ4n) is 3.57. The number of unbranched alkanes of at least 4 members (excludes halogenated alkanes) is 1. The molecule has 1 heterocycles. The van der Waals surface area contributed by atoms with E-state index in [-0.39, 0.29) is 5.91 Å². The first-order chi connectivity index (χ1) is 14.9. The van der Waals surface area contributed by atoms with Gasteiger partial charge in [-0.15, -0.1) is 0 Å². The molecule has 31 heavy (non-hydrogen) atoms. The van der Waals surface area contributed by atoms with E-state index in [0.29, 0.717) is 36.4 Å². The van der Waals surface area contributed by atoms with Crippen molar-refractivity contribution in [1.29, 1.82) is 5.26 Å². The van der Waals surface area contributed by atoms with Crippen molar-refractivity contribution in [1.82, 2.24) is 10.2 Å². The normalized spacial score (nSPS) is 14.8. The molecule has 0 atom stereocenters. The summed E-state index contributed by atoms with van der Waals surface area (Å²) in [5.74, 6) is -0.154. The summed E-state index contributed by atoms with van der Waals surface area (Å²) < 4.78 is 38.7. The van der Waals surface area contributed by atoms with Crippen LogP contribution in [-0.4, -0.2) is 50.1 Å².